The van der Waals surface area contributed by atoms with Crippen LogP contribution in [-0.4, -0.2) is 54.8 Å². The molecule has 0 spiro atoms. The molecule has 1 amide bonds. The Bertz CT molecular complexity index is 1220. The number of carbonyl (C=O) groups excluding carboxylic acids is 1. The van der Waals surface area contributed by atoms with Crippen molar-refractivity contribution < 1.29 is 9.53 Å². The molecule has 0 unspecified atom stereocenters. The van der Waals surface area contributed by atoms with Gasteiger partial charge in [-0.1, -0.05) is 23.2 Å². The smallest absolute Gasteiger partial charge is 0.255 e. The highest BCUT2D eigenvalue weighted by Gasteiger charge is 2.24. The molecular weight excluding hydrogens is 469 g/mol. The lowest BCUT2D eigenvalue weighted by atomic mass is 10.0. The maximum absolute atomic E-state index is 13.2. The Morgan fingerprint density at radius 3 is 2.47 bits per heavy atom. The number of likely N-dealkylation sites (tertiary alicyclic amines) is 1. The number of amides is 1. The Morgan fingerprint density at radius 2 is 1.74 bits per heavy atom. The summed E-state index contributed by atoms with van der Waals surface area (Å²) in [4.78, 5) is 17.4. The quantitative estimate of drug-likeness (QED) is 0.451. The van der Waals surface area contributed by atoms with Crippen LogP contribution in [0.2, 0.25) is 10.0 Å². The lowest BCUT2D eigenvalue weighted by Crippen LogP contribution is -2.36. The molecule has 2 fully saturated rings. The molecule has 0 N–H and O–H groups in total. The topological polar surface area (TPSA) is 37.7 Å². The Balaban J connectivity index is 1.48. The third-order valence-electron chi connectivity index (χ3n) is 7.25. The summed E-state index contributed by atoms with van der Waals surface area (Å²) in [5.41, 5.74) is 6.13. The number of ether oxygens (including phenoxy) is 1. The third-order valence-corrected chi connectivity index (χ3v) is 8.03. The van der Waals surface area contributed by atoms with Crippen LogP contribution in [0.4, 0.5) is 5.69 Å². The minimum Gasteiger partial charge on any atom is -0.378 e. The van der Waals surface area contributed by atoms with E-state index in [0.717, 1.165) is 63.5 Å². The number of rotatable bonds is 4. The largest absolute Gasteiger partial charge is 0.378 e. The molecule has 0 saturated carbocycles. The van der Waals surface area contributed by atoms with E-state index in [0.29, 0.717) is 22.0 Å². The minimum atomic E-state index is 0.00524. The molecule has 2 aliphatic rings. The molecular formula is C27H31Cl2N3O2. The van der Waals surface area contributed by atoms with Gasteiger partial charge in [-0.3, -0.25) is 4.79 Å². The molecule has 3 heterocycles. The maximum Gasteiger partial charge on any atom is 0.255 e. The number of halogens is 2. The van der Waals surface area contributed by atoms with Crippen molar-refractivity contribution in [2.24, 2.45) is 7.05 Å². The summed E-state index contributed by atoms with van der Waals surface area (Å²) in [7, 11) is 2.09. The van der Waals surface area contributed by atoms with Crippen LogP contribution in [0.1, 0.15) is 46.4 Å². The van der Waals surface area contributed by atoms with E-state index in [1.807, 2.05) is 11.0 Å². The van der Waals surface area contributed by atoms with Crippen LogP contribution < -0.4 is 4.90 Å². The summed E-state index contributed by atoms with van der Waals surface area (Å²) in [5, 5.41) is 2.29. The fourth-order valence-corrected chi connectivity index (χ4v) is 5.78. The highest BCUT2D eigenvalue weighted by molar-refractivity contribution is 6.38. The number of fused-ring (bicyclic) bond motifs is 1. The van der Waals surface area contributed by atoms with Gasteiger partial charge in [0, 0.05) is 61.4 Å². The van der Waals surface area contributed by atoms with E-state index in [1.165, 1.54) is 28.6 Å². The van der Waals surface area contributed by atoms with Crippen molar-refractivity contribution in [1.82, 2.24) is 9.47 Å². The number of morpholine rings is 1. The van der Waals surface area contributed by atoms with E-state index < -0.39 is 0 Å². The van der Waals surface area contributed by atoms with Crippen LogP contribution in [-0.2, 0) is 18.2 Å². The first kappa shape index (κ1) is 23.5. The van der Waals surface area contributed by atoms with Gasteiger partial charge in [-0.15, -0.1) is 0 Å². The predicted molar refractivity (Wildman–Crippen MR) is 140 cm³/mol. The molecule has 3 aromatic rings. The summed E-state index contributed by atoms with van der Waals surface area (Å²) in [6, 6.07) is 10.3. The molecule has 34 heavy (non-hydrogen) atoms. The Morgan fingerprint density at radius 1 is 1.00 bits per heavy atom. The molecule has 5 nitrogen and oxygen atoms in total. The average molecular weight is 500 g/mol. The lowest BCUT2D eigenvalue weighted by molar-refractivity contribution is 0.0724. The highest BCUT2D eigenvalue weighted by atomic mass is 35.5. The average Bonchev–Trinajstić information content (AvgIpc) is 3.18. The number of hydrogen-bond acceptors (Lipinski definition) is 3. The summed E-state index contributed by atoms with van der Waals surface area (Å²) in [6.45, 7) is 7.09. The monoisotopic (exact) mass is 499 g/mol. The van der Waals surface area contributed by atoms with Crippen molar-refractivity contribution in [2.45, 2.75) is 32.6 Å². The van der Waals surface area contributed by atoms with E-state index in [-0.39, 0.29) is 5.91 Å². The van der Waals surface area contributed by atoms with Crippen LogP contribution in [0.25, 0.3) is 10.9 Å². The van der Waals surface area contributed by atoms with Crippen LogP contribution in [0.5, 0.6) is 0 Å². The standard InChI is InChI=1S/C27H31Cl2N3O2/c1-18-14-20(31-10-12-34-13-11-31)17-25-22(18)15-19(30(25)2)16-23-24(28)7-6-21(26(23)29)27(33)32-8-4-3-5-9-32/h6-7,14-15,17H,3-5,8-13,16H2,1-2H3. The van der Waals surface area contributed by atoms with Gasteiger partial charge in [0.15, 0.2) is 0 Å². The summed E-state index contributed by atoms with van der Waals surface area (Å²) in [6.07, 6.45) is 3.84. The van der Waals surface area contributed by atoms with E-state index in [1.54, 1.807) is 6.07 Å². The molecule has 2 aliphatic heterocycles. The summed E-state index contributed by atoms with van der Waals surface area (Å²) < 4.78 is 7.74. The normalized spacial score (nSPS) is 16.9. The van der Waals surface area contributed by atoms with E-state index in [2.05, 4.69) is 41.6 Å². The first-order valence-electron chi connectivity index (χ1n) is 12.1. The predicted octanol–water partition coefficient (Wildman–Crippen LogP) is 5.85. The van der Waals surface area contributed by atoms with Gasteiger partial charge in [0.1, 0.15) is 0 Å². The first-order chi connectivity index (χ1) is 16.4. The van der Waals surface area contributed by atoms with Gasteiger partial charge in [-0.05, 0) is 67.6 Å². The summed E-state index contributed by atoms with van der Waals surface area (Å²) in [5.74, 6) is 0.00524. The Kier molecular flexibility index (Phi) is 6.79. The van der Waals surface area contributed by atoms with Gasteiger partial charge in [-0.25, -0.2) is 0 Å². The van der Waals surface area contributed by atoms with Gasteiger partial charge in [0.05, 0.1) is 29.3 Å². The van der Waals surface area contributed by atoms with Crippen LogP contribution in [0.15, 0.2) is 30.3 Å². The zero-order chi connectivity index (χ0) is 23.8. The van der Waals surface area contributed by atoms with E-state index in [9.17, 15) is 4.79 Å². The third kappa shape index (κ3) is 4.41. The number of hydrogen-bond donors (Lipinski definition) is 0. The number of aryl methyl sites for hydroxylation is 2. The molecule has 1 aromatic heterocycles. The van der Waals surface area contributed by atoms with Crippen LogP contribution in [0, 0.1) is 6.92 Å². The molecule has 0 atom stereocenters. The molecule has 7 heteroatoms. The van der Waals surface area contributed by atoms with Crippen molar-refractivity contribution in [2.75, 3.05) is 44.3 Å². The van der Waals surface area contributed by atoms with Crippen LogP contribution in [0.3, 0.4) is 0 Å². The molecule has 180 valence electrons. The van der Waals surface area contributed by atoms with Gasteiger partial charge in [0.25, 0.3) is 5.91 Å². The molecule has 0 radical (unpaired) electrons. The molecule has 2 saturated heterocycles. The molecule has 5 rings (SSSR count). The van der Waals surface area contributed by atoms with Crippen LogP contribution >= 0.6 is 23.2 Å². The van der Waals surface area contributed by atoms with Gasteiger partial charge in [-0.2, -0.15) is 0 Å². The number of anilines is 1. The second-order valence-electron chi connectivity index (χ2n) is 9.41. The first-order valence-corrected chi connectivity index (χ1v) is 12.9. The molecule has 0 bridgehead atoms. The zero-order valence-electron chi connectivity index (χ0n) is 19.9. The van der Waals surface area contributed by atoms with Crippen molar-refractivity contribution in [3.63, 3.8) is 0 Å². The number of aromatic nitrogens is 1. The maximum atomic E-state index is 13.2. The van der Waals surface area contributed by atoms with Crippen molar-refractivity contribution in [3.8, 4) is 0 Å². The fourth-order valence-electron chi connectivity index (χ4n) is 5.19. The second-order valence-corrected chi connectivity index (χ2v) is 10.2. The van der Waals surface area contributed by atoms with E-state index >= 15 is 0 Å². The number of benzene rings is 2. The zero-order valence-corrected chi connectivity index (χ0v) is 21.4. The van der Waals surface area contributed by atoms with Gasteiger partial charge >= 0.3 is 0 Å². The van der Waals surface area contributed by atoms with Crippen molar-refractivity contribution >= 4 is 45.7 Å². The lowest BCUT2D eigenvalue weighted by Gasteiger charge is -2.29. The van der Waals surface area contributed by atoms with E-state index in [4.69, 9.17) is 27.9 Å². The Labute approximate surface area is 211 Å². The SMILES string of the molecule is Cc1cc(N2CCOCC2)cc2c1cc(Cc1c(Cl)ccc(C(=O)N3CCCCC3)c1Cl)n2C. The summed E-state index contributed by atoms with van der Waals surface area (Å²) >= 11 is 13.4. The molecule has 2 aromatic carbocycles. The number of carbonyl (C=O) groups is 1. The van der Waals surface area contributed by atoms with Gasteiger partial charge < -0.3 is 19.1 Å². The Hall–Kier alpha value is -2.21. The molecule has 0 aliphatic carbocycles. The van der Waals surface area contributed by atoms with Crippen molar-refractivity contribution in [3.05, 3.63) is 62.8 Å². The fraction of sp³-hybridized carbons (Fsp3) is 0.444. The second kappa shape index (κ2) is 9.80. The highest BCUT2D eigenvalue weighted by Crippen LogP contribution is 2.34. The number of nitrogens with zero attached hydrogens (tertiary/aromatic N) is 3. The van der Waals surface area contributed by atoms with Crippen molar-refractivity contribution in [1.29, 1.82) is 0 Å². The van der Waals surface area contributed by atoms with Gasteiger partial charge in [0.2, 0.25) is 0 Å². The minimum absolute atomic E-state index is 0.00524. The number of piperidine rings is 1.